The van der Waals surface area contributed by atoms with Crippen molar-refractivity contribution < 1.29 is 13.9 Å². The standard InChI is InChI=1S/C9H11NO.C9H12.H3NO2S/c10-9(11)6-5-7-3-1-2-4-8(7)9;1-7-4-8(2)6-9(3)5-7;1-4(2)3/h1-4,11H,5-6,10H2;4-6H,1-3H3;1H2,(H,2,3)/p-1. The largest absolute Gasteiger partial charge is 0.760 e. The Balaban J connectivity index is 0.000000201. The SMILES string of the molecule is Cc1cc(C)cc(C)c1.NC1(O)CCc2ccccc21.NS(=O)[O-]. The van der Waals surface area contributed by atoms with Crippen LogP contribution in [0.15, 0.2) is 42.5 Å². The smallest absolute Gasteiger partial charge is 0.140 e. The van der Waals surface area contributed by atoms with E-state index in [0.29, 0.717) is 6.42 Å². The number of rotatable bonds is 0. The van der Waals surface area contributed by atoms with E-state index in [1.807, 2.05) is 24.3 Å². The van der Waals surface area contributed by atoms with Crippen LogP contribution in [0.4, 0.5) is 0 Å². The van der Waals surface area contributed by atoms with Crippen LogP contribution in [-0.4, -0.2) is 13.9 Å². The number of aryl methyl sites for hydroxylation is 4. The Kier molecular flexibility index (Phi) is 7.72. The lowest BCUT2D eigenvalue weighted by Gasteiger charge is -2.16. The molecular weight excluding hydrogens is 324 g/mol. The maximum absolute atomic E-state index is 9.62. The Morgan fingerprint density at radius 3 is 1.92 bits per heavy atom. The van der Waals surface area contributed by atoms with Gasteiger partial charge in [0.15, 0.2) is 0 Å². The second kappa shape index (κ2) is 9.05. The van der Waals surface area contributed by atoms with Gasteiger partial charge in [0.1, 0.15) is 5.72 Å². The van der Waals surface area contributed by atoms with Crippen LogP contribution >= 0.6 is 0 Å². The molecule has 0 aliphatic heterocycles. The average molecular weight is 349 g/mol. The van der Waals surface area contributed by atoms with Gasteiger partial charge in [0.25, 0.3) is 0 Å². The predicted octanol–water partition coefficient (Wildman–Crippen LogP) is 2.09. The van der Waals surface area contributed by atoms with Crippen LogP contribution in [0.25, 0.3) is 0 Å². The van der Waals surface area contributed by atoms with Gasteiger partial charge in [-0.2, -0.15) is 0 Å². The zero-order chi connectivity index (χ0) is 18.3. The van der Waals surface area contributed by atoms with E-state index in [0.717, 1.165) is 12.0 Å². The summed E-state index contributed by atoms with van der Waals surface area (Å²) in [5.74, 6) is 0. The molecule has 0 radical (unpaired) electrons. The second-order valence-corrected chi connectivity index (χ2v) is 6.53. The number of fused-ring (bicyclic) bond motifs is 1. The van der Waals surface area contributed by atoms with Gasteiger partial charge in [-0.05, 0) is 39.2 Å². The maximum Gasteiger partial charge on any atom is 0.140 e. The van der Waals surface area contributed by atoms with Crippen LogP contribution in [0.3, 0.4) is 0 Å². The summed E-state index contributed by atoms with van der Waals surface area (Å²) in [6.45, 7) is 6.38. The minimum atomic E-state index is -2.36. The van der Waals surface area contributed by atoms with Crippen LogP contribution in [0.2, 0.25) is 0 Å². The van der Waals surface area contributed by atoms with E-state index in [1.54, 1.807) is 0 Å². The first-order chi connectivity index (χ1) is 11.1. The zero-order valence-corrected chi connectivity index (χ0v) is 15.1. The molecule has 2 aromatic carbocycles. The third kappa shape index (κ3) is 6.90. The van der Waals surface area contributed by atoms with Crippen molar-refractivity contribution >= 4 is 11.3 Å². The maximum atomic E-state index is 9.62. The van der Waals surface area contributed by atoms with E-state index in [2.05, 4.69) is 44.1 Å². The molecule has 2 atom stereocenters. The van der Waals surface area contributed by atoms with Gasteiger partial charge in [-0.15, -0.1) is 0 Å². The van der Waals surface area contributed by atoms with Crippen molar-refractivity contribution in [1.82, 2.24) is 0 Å². The fourth-order valence-corrected chi connectivity index (χ4v) is 2.82. The molecule has 2 unspecified atom stereocenters. The fourth-order valence-electron chi connectivity index (χ4n) is 2.82. The van der Waals surface area contributed by atoms with E-state index in [-0.39, 0.29) is 0 Å². The first-order valence-corrected chi connectivity index (χ1v) is 8.74. The second-order valence-electron chi connectivity index (χ2n) is 6.01. The lowest BCUT2D eigenvalue weighted by Crippen LogP contribution is -2.33. The highest BCUT2D eigenvalue weighted by Crippen LogP contribution is 2.31. The summed E-state index contributed by atoms with van der Waals surface area (Å²) in [6, 6.07) is 14.3. The minimum absolute atomic E-state index is 0.645. The quantitative estimate of drug-likeness (QED) is 0.499. The zero-order valence-electron chi connectivity index (χ0n) is 14.3. The number of aliphatic hydroxyl groups is 1. The molecule has 24 heavy (non-hydrogen) atoms. The number of hydrogen-bond acceptors (Lipinski definition) is 4. The van der Waals surface area contributed by atoms with Crippen LogP contribution in [0.5, 0.6) is 0 Å². The number of hydrogen-bond donors (Lipinski definition) is 3. The number of nitrogens with two attached hydrogens (primary N) is 2. The first-order valence-electron chi connectivity index (χ1n) is 7.60. The monoisotopic (exact) mass is 349 g/mol. The molecule has 1 aliphatic rings. The first kappa shape index (κ1) is 20.5. The highest BCUT2D eigenvalue weighted by molar-refractivity contribution is 7.76. The molecule has 5 N–H and O–H groups in total. The Hall–Kier alpha value is -1.57. The summed E-state index contributed by atoms with van der Waals surface area (Å²) < 4.78 is 17.6. The Bertz CT molecular complexity index is 648. The van der Waals surface area contributed by atoms with Crippen molar-refractivity contribution in [3.63, 3.8) is 0 Å². The predicted molar refractivity (Wildman–Crippen MR) is 96.6 cm³/mol. The normalized spacial score (nSPS) is 19.3. The lowest BCUT2D eigenvalue weighted by atomic mass is 10.1. The summed E-state index contributed by atoms with van der Waals surface area (Å²) >= 11 is -2.36. The van der Waals surface area contributed by atoms with Crippen molar-refractivity contribution in [2.24, 2.45) is 10.9 Å². The van der Waals surface area contributed by atoms with Gasteiger partial charge < -0.3 is 9.66 Å². The molecule has 0 aromatic heterocycles. The highest BCUT2D eigenvalue weighted by Gasteiger charge is 2.31. The summed E-state index contributed by atoms with van der Waals surface area (Å²) in [5.41, 5.74) is 10.7. The van der Waals surface area contributed by atoms with E-state index in [4.69, 9.17) is 14.5 Å². The van der Waals surface area contributed by atoms with Gasteiger partial charge in [0.2, 0.25) is 0 Å². The third-order valence-corrected chi connectivity index (χ3v) is 3.63. The van der Waals surface area contributed by atoms with Gasteiger partial charge in [-0.25, -0.2) is 0 Å². The molecule has 0 bridgehead atoms. The molecule has 0 saturated heterocycles. The Morgan fingerprint density at radius 1 is 1.08 bits per heavy atom. The molecule has 0 saturated carbocycles. The topological polar surface area (TPSA) is 112 Å². The Morgan fingerprint density at radius 2 is 1.50 bits per heavy atom. The summed E-state index contributed by atoms with van der Waals surface area (Å²) in [5, 5.41) is 13.7. The molecule has 5 nitrogen and oxygen atoms in total. The van der Waals surface area contributed by atoms with E-state index >= 15 is 0 Å². The summed E-state index contributed by atoms with van der Waals surface area (Å²) in [4.78, 5) is 0. The van der Waals surface area contributed by atoms with Crippen LogP contribution < -0.4 is 10.9 Å². The van der Waals surface area contributed by atoms with Crippen LogP contribution in [0, 0.1) is 20.8 Å². The van der Waals surface area contributed by atoms with Gasteiger partial charge in [0.05, 0.1) is 0 Å². The minimum Gasteiger partial charge on any atom is -0.760 e. The third-order valence-electron chi connectivity index (χ3n) is 3.63. The summed E-state index contributed by atoms with van der Waals surface area (Å²) in [6.07, 6.45) is 1.54. The molecule has 0 amide bonds. The Labute approximate surface area is 146 Å². The van der Waals surface area contributed by atoms with Crippen molar-refractivity contribution in [2.45, 2.75) is 39.3 Å². The van der Waals surface area contributed by atoms with Crippen molar-refractivity contribution in [1.29, 1.82) is 0 Å². The van der Waals surface area contributed by atoms with Crippen LogP contribution in [-0.2, 0) is 23.4 Å². The molecule has 0 heterocycles. The van der Waals surface area contributed by atoms with Gasteiger partial charge in [0, 0.05) is 16.8 Å². The molecule has 3 rings (SSSR count). The molecule has 132 valence electrons. The van der Waals surface area contributed by atoms with Crippen LogP contribution in [0.1, 0.15) is 34.2 Å². The highest BCUT2D eigenvalue weighted by atomic mass is 32.2. The van der Waals surface area contributed by atoms with Crippen molar-refractivity contribution in [3.8, 4) is 0 Å². The van der Waals surface area contributed by atoms with Gasteiger partial charge in [-0.1, -0.05) is 59.2 Å². The van der Waals surface area contributed by atoms with Crippen molar-refractivity contribution in [3.05, 3.63) is 70.3 Å². The van der Waals surface area contributed by atoms with Gasteiger partial charge >= 0.3 is 0 Å². The number of benzene rings is 2. The lowest BCUT2D eigenvalue weighted by molar-refractivity contribution is 0.0458. The van der Waals surface area contributed by atoms with E-state index in [9.17, 15) is 5.11 Å². The molecule has 0 spiro atoms. The molecule has 1 aliphatic carbocycles. The van der Waals surface area contributed by atoms with E-state index < -0.39 is 17.0 Å². The fraction of sp³-hybridized carbons (Fsp3) is 0.333. The summed E-state index contributed by atoms with van der Waals surface area (Å²) in [7, 11) is 0. The molecule has 0 fully saturated rings. The molecular formula is C18H25N2O3S-. The van der Waals surface area contributed by atoms with E-state index in [1.165, 1.54) is 22.3 Å². The molecule has 6 heteroatoms. The average Bonchev–Trinajstić information content (AvgIpc) is 2.74. The molecule has 2 aromatic rings. The van der Waals surface area contributed by atoms with Crippen molar-refractivity contribution in [2.75, 3.05) is 0 Å². The van der Waals surface area contributed by atoms with Gasteiger partial charge in [-0.3, -0.25) is 15.1 Å².